The van der Waals surface area contributed by atoms with Gasteiger partial charge in [0.25, 0.3) is 0 Å². The molecule has 0 aromatic heterocycles. The number of carbonyl (C=O) groups excluding carboxylic acids is 1. The maximum absolute atomic E-state index is 10.7. The van der Waals surface area contributed by atoms with Gasteiger partial charge in [-0.2, -0.15) is 0 Å². The van der Waals surface area contributed by atoms with E-state index in [4.69, 9.17) is 20.1 Å². The van der Waals surface area contributed by atoms with Crippen LogP contribution < -0.4 is 0 Å². The molecule has 0 aromatic carbocycles. The average Bonchev–Trinajstić information content (AvgIpc) is 2.43. The number of ether oxygens (including phenoxy) is 1. The minimum Gasteiger partial charge on any atom is -0.466 e. The normalized spacial score (nSPS) is 10.6. The SMILES string of the molecule is CCC(CO)(CO)CO.CCCCCC(=O)OCC. The number of aliphatic hydroxyl groups excluding tert-OH is 3. The van der Waals surface area contributed by atoms with E-state index in [1.807, 2.05) is 13.8 Å². The molecule has 3 N–H and O–H groups in total. The Morgan fingerprint density at radius 2 is 1.53 bits per heavy atom. The van der Waals surface area contributed by atoms with Gasteiger partial charge in [-0.1, -0.05) is 26.7 Å². The van der Waals surface area contributed by atoms with Crippen molar-refractivity contribution in [2.24, 2.45) is 5.41 Å². The lowest BCUT2D eigenvalue weighted by Crippen LogP contribution is -2.32. The third kappa shape index (κ3) is 10.9. The number of hydrogen-bond donors (Lipinski definition) is 3. The number of hydrogen-bond acceptors (Lipinski definition) is 5. The first-order valence-electron chi connectivity index (χ1n) is 7.03. The van der Waals surface area contributed by atoms with E-state index in [2.05, 4.69) is 6.92 Å². The van der Waals surface area contributed by atoms with Gasteiger partial charge in [0, 0.05) is 11.8 Å². The highest BCUT2D eigenvalue weighted by Gasteiger charge is 2.24. The number of esters is 1. The second-order valence-corrected chi connectivity index (χ2v) is 4.59. The topological polar surface area (TPSA) is 87.0 Å². The van der Waals surface area contributed by atoms with Gasteiger partial charge < -0.3 is 20.1 Å². The van der Waals surface area contributed by atoms with Crippen LogP contribution in [-0.4, -0.2) is 47.7 Å². The molecule has 0 saturated heterocycles. The molecule has 0 bridgehead atoms. The van der Waals surface area contributed by atoms with Crippen molar-refractivity contribution in [2.75, 3.05) is 26.4 Å². The first-order valence-corrected chi connectivity index (χ1v) is 7.03. The molecule has 5 nitrogen and oxygen atoms in total. The number of unbranched alkanes of at least 4 members (excludes halogenated alkanes) is 2. The Hall–Kier alpha value is -0.650. The standard InChI is InChI=1S/C8H16O2.C6H14O3/c1-3-5-6-7-8(9)10-4-2;1-2-6(3-7,4-8)5-9/h3-7H2,1-2H3;7-9H,2-5H2,1H3. The summed E-state index contributed by atoms with van der Waals surface area (Å²) in [6, 6.07) is 0. The molecule has 0 spiro atoms. The lowest BCUT2D eigenvalue weighted by Gasteiger charge is -2.24. The number of rotatable bonds is 9. The van der Waals surface area contributed by atoms with Gasteiger partial charge in [0.15, 0.2) is 0 Å². The third-order valence-corrected chi connectivity index (χ3v) is 3.05. The molecule has 19 heavy (non-hydrogen) atoms. The quantitative estimate of drug-likeness (QED) is 0.439. The molecule has 0 radical (unpaired) electrons. The second-order valence-electron chi connectivity index (χ2n) is 4.59. The second kappa shape index (κ2) is 13.8. The van der Waals surface area contributed by atoms with Crippen LogP contribution in [0.3, 0.4) is 0 Å². The highest BCUT2D eigenvalue weighted by molar-refractivity contribution is 5.69. The summed E-state index contributed by atoms with van der Waals surface area (Å²) in [5, 5.41) is 26.0. The lowest BCUT2D eigenvalue weighted by molar-refractivity contribution is -0.143. The highest BCUT2D eigenvalue weighted by atomic mass is 16.5. The van der Waals surface area contributed by atoms with E-state index in [0.717, 1.165) is 19.3 Å². The van der Waals surface area contributed by atoms with Gasteiger partial charge >= 0.3 is 5.97 Å². The van der Waals surface area contributed by atoms with Crippen molar-refractivity contribution >= 4 is 5.97 Å². The van der Waals surface area contributed by atoms with Crippen LogP contribution in [0.25, 0.3) is 0 Å². The summed E-state index contributed by atoms with van der Waals surface area (Å²) in [5.41, 5.74) is -0.667. The molecule has 0 rings (SSSR count). The summed E-state index contributed by atoms with van der Waals surface area (Å²) in [5.74, 6) is -0.0593. The Bertz CT molecular complexity index is 185. The Labute approximate surface area is 116 Å². The van der Waals surface area contributed by atoms with Crippen molar-refractivity contribution in [3.05, 3.63) is 0 Å². The van der Waals surface area contributed by atoms with Gasteiger partial charge in [-0.15, -0.1) is 0 Å². The van der Waals surface area contributed by atoms with E-state index in [1.165, 1.54) is 0 Å². The van der Waals surface area contributed by atoms with Gasteiger partial charge in [0.2, 0.25) is 0 Å². The van der Waals surface area contributed by atoms with Gasteiger partial charge in [-0.3, -0.25) is 4.79 Å². The van der Waals surface area contributed by atoms with E-state index in [9.17, 15) is 4.79 Å². The number of carbonyl (C=O) groups is 1. The van der Waals surface area contributed by atoms with Crippen molar-refractivity contribution in [1.82, 2.24) is 0 Å². The molecule has 0 aliphatic carbocycles. The van der Waals surface area contributed by atoms with Crippen molar-refractivity contribution in [3.8, 4) is 0 Å². The van der Waals surface area contributed by atoms with Crippen LogP contribution in [0.4, 0.5) is 0 Å². The van der Waals surface area contributed by atoms with E-state index in [0.29, 0.717) is 19.4 Å². The summed E-state index contributed by atoms with van der Waals surface area (Å²) in [7, 11) is 0. The summed E-state index contributed by atoms with van der Waals surface area (Å²) < 4.78 is 4.75. The fourth-order valence-electron chi connectivity index (χ4n) is 1.24. The maximum Gasteiger partial charge on any atom is 0.305 e. The fourth-order valence-corrected chi connectivity index (χ4v) is 1.24. The van der Waals surface area contributed by atoms with Crippen molar-refractivity contribution in [1.29, 1.82) is 0 Å². The molecule has 0 saturated carbocycles. The van der Waals surface area contributed by atoms with Crippen molar-refractivity contribution < 1.29 is 24.9 Å². The molecule has 116 valence electrons. The van der Waals surface area contributed by atoms with Gasteiger partial charge in [0.1, 0.15) is 0 Å². The fraction of sp³-hybridized carbons (Fsp3) is 0.929. The molecular weight excluding hydrogens is 248 g/mol. The molecular formula is C14H30O5. The summed E-state index contributed by atoms with van der Waals surface area (Å²) >= 11 is 0. The summed E-state index contributed by atoms with van der Waals surface area (Å²) in [4.78, 5) is 10.7. The molecule has 5 heteroatoms. The predicted molar refractivity (Wildman–Crippen MR) is 74.8 cm³/mol. The first kappa shape index (κ1) is 20.7. The van der Waals surface area contributed by atoms with Crippen molar-refractivity contribution in [2.45, 2.75) is 52.9 Å². The van der Waals surface area contributed by atoms with Gasteiger partial charge in [-0.05, 0) is 19.8 Å². The third-order valence-electron chi connectivity index (χ3n) is 3.05. The zero-order valence-electron chi connectivity index (χ0n) is 12.5. The minimum atomic E-state index is -0.667. The summed E-state index contributed by atoms with van der Waals surface area (Å²) in [6.07, 6.45) is 4.42. The van der Waals surface area contributed by atoms with Crippen LogP contribution >= 0.6 is 0 Å². The molecule has 0 unspecified atom stereocenters. The molecule has 0 fully saturated rings. The van der Waals surface area contributed by atoms with Gasteiger partial charge in [0.05, 0.1) is 26.4 Å². The van der Waals surface area contributed by atoms with Crippen molar-refractivity contribution in [3.63, 3.8) is 0 Å². The van der Waals surface area contributed by atoms with Crippen LogP contribution in [0.1, 0.15) is 52.9 Å². The molecule has 0 aliphatic heterocycles. The Kier molecular flexibility index (Phi) is 15.0. The summed E-state index contributed by atoms with van der Waals surface area (Å²) in [6.45, 7) is 5.81. The van der Waals surface area contributed by atoms with Crippen LogP contribution in [0, 0.1) is 5.41 Å². The Morgan fingerprint density at radius 1 is 1.00 bits per heavy atom. The first-order chi connectivity index (χ1) is 9.05. The maximum atomic E-state index is 10.7. The molecule has 0 amide bonds. The minimum absolute atomic E-state index is 0.0593. The Balaban J connectivity index is 0. The monoisotopic (exact) mass is 278 g/mol. The highest BCUT2D eigenvalue weighted by Crippen LogP contribution is 2.18. The van der Waals surface area contributed by atoms with Crippen LogP contribution in [0.15, 0.2) is 0 Å². The largest absolute Gasteiger partial charge is 0.466 e. The van der Waals surface area contributed by atoms with Crippen LogP contribution in [0.5, 0.6) is 0 Å². The number of aliphatic hydroxyl groups is 3. The molecule has 0 atom stereocenters. The molecule has 0 aromatic rings. The zero-order valence-corrected chi connectivity index (χ0v) is 12.5. The van der Waals surface area contributed by atoms with E-state index in [1.54, 1.807) is 0 Å². The van der Waals surface area contributed by atoms with E-state index in [-0.39, 0.29) is 25.8 Å². The molecule has 0 aliphatic rings. The predicted octanol–water partition coefficient (Wildman–Crippen LogP) is 1.49. The van der Waals surface area contributed by atoms with Gasteiger partial charge in [-0.25, -0.2) is 0 Å². The smallest absolute Gasteiger partial charge is 0.305 e. The molecule has 0 heterocycles. The van der Waals surface area contributed by atoms with Crippen LogP contribution in [-0.2, 0) is 9.53 Å². The van der Waals surface area contributed by atoms with Crippen LogP contribution in [0.2, 0.25) is 0 Å². The van der Waals surface area contributed by atoms with E-state index >= 15 is 0 Å². The van der Waals surface area contributed by atoms with E-state index < -0.39 is 5.41 Å². The lowest BCUT2D eigenvalue weighted by atomic mass is 9.88. The Morgan fingerprint density at radius 3 is 1.79 bits per heavy atom. The average molecular weight is 278 g/mol. The zero-order chi connectivity index (χ0) is 15.1.